The summed E-state index contributed by atoms with van der Waals surface area (Å²) < 4.78 is 0. The van der Waals surface area contributed by atoms with Gasteiger partial charge in [0.05, 0.1) is 5.52 Å². The minimum absolute atomic E-state index is 0.578. The van der Waals surface area contributed by atoms with Crippen molar-refractivity contribution in [3.8, 4) is 0 Å². The number of thiocarbonyl (C=S) groups is 1. The van der Waals surface area contributed by atoms with Crippen molar-refractivity contribution in [3.63, 3.8) is 0 Å². The number of fused-ring (bicyclic) bond motifs is 1. The quantitative estimate of drug-likeness (QED) is 0.478. The van der Waals surface area contributed by atoms with Crippen molar-refractivity contribution >= 4 is 51.2 Å². The number of hydrogen-bond acceptors (Lipinski definition) is 4. The molecule has 3 rings (SSSR count). The molecular formula is C17H16ClN5S. The smallest absolute Gasteiger partial charge is 0.170 e. The van der Waals surface area contributed by atoms with Gasteiger partial charge in [-0.05, 0) is 48.6 Å². The highest BCUT2D eigenvalue weighted by Gasteiger charge is 2.02. The normalized spacial score (nSPS) is 10.4. The van der Waals surface area contributed by atoms with Crippen LogP contribution in [0, 0.1) is 0 Å². The van der Waals surface area contributed by atoms with E-state index < -0.39 is 0 Å². The van der Waals surface area contributed by atoms with Crippen LogP contribution in [0.15, 0.2) is 55.0 Å². The number of halogens is 1. The molecule has 0 aliphatic rings. The van der Waals surface area contributed by atoms with E-state index in [2.05, 4.69) is 25.9 Å². The highest BCUT2D eigenvalue weighted by molar-refractivity contribution is 7.80. The maximum Gasteiger partial charge on any atom is 0.170 e. The average molecular weight is 358 g/mol. The number of anilines is 2. The summed E-state index contributed by atoms with van der Waals surface area (Å²) in [5.74, 6) is 0. The van der Waals surface area contributed by atoms with Gasteiger partial charge >= 0.3 is 0 Å². The second kappa shape index (κ2) is 7.90. The Kier molecular flexibility index (Phi) is 5.40. The van der Waals surface area contributed by atoms with E-state index in [1.807, 2.05) is 36.4 Å². The number of pyridine rings is 2. The van der Waals surface area contributed by atoms with Crippen LogP contribution in [0.2, 0.25) is 5.02 Å². The van der Waals surface area contributed by atoms with Gasteiger partial charge in [-0.3, -0.25) is 9.97 Å². The summed E-state index contributed by atoms with van der Waals surface area (Å²) in [7, 11) is 0. The van der Waals surface area contributed by atoms with E-state index in [9.17, 15) is 0 Å². The van der Waals surface area contributed by atoms with Crippen molar-refractivity contribution in [1.82, 2.24) is 15.3 Å². The molecule has 0 unspecified atom stereocenters. The molecule has 3 N–H and O–H groups in total. The van der Waals surface area contributed by atoms with Crippen LogP contribution < -0.4 is 16.0 Å². The zero-order chi connectivity index (χ0) is 16.8. The molecule has 0 saturated carbocycles. The van der Waals surface area contributed by atoms with E-state index in [4.69, 9.17) is 23.8 Å². The second-order valence-corrected chi connectivity index (χ2v) is 5.91. The lowest BCUT2D eigenvalue weighted by atomic mass is 10.2. The third-order valence-electron chi connectivity index (χ3n) is 3.37. The molecule has 2 aromatic heterocycles. The Balaban J connectivity index is 1.51. The summed E-state index contributed by atoms with van der Waals surface area (Å²) in [5, 5.41) is 11.9. The molecule has 1 aromatic carbocycles. The van der Waals surface area contributed by atoms with Crippen LogP contribution in [0.5, 0.6) is 0 Å². The highest BCUT2D eigenvalue weighted by Crippen LogP contribution is 2.23. The van der Waals surface area contributed by atoms with Gasteiger partial charge in [0.1, 0.15) is 0 Å². The number of nitrogens with zero attached hydrogens (tertiary/aromatic N) is 2. The first-order chi connectivity index (χ1) is 11.7. The van der Waals surface area contributed by atoms with Gasteiger partial charge in [-0.1, -0.05) is 11.6 Å². The molecule has 0 aliphatic carbocycles. The number of hydrogen-bond donors (Lipinski definition) is 3. The van der Waals surface area contributed by atoms with Gasteiger partial charge in [0, 0.05) is 53.5 Å². The predicted octanol–water partition coefficient (Wildman–Crippen LogP) is 3.68. The number of aromatic nitrogens is 2. The van der Waals surface area contributed by atoms with Gasteiger partial charge in [-0.25, -0.2) is 0 Å². The van der Waals surface area contributed by atoms with Crippen LogP contribution in [0.4, 0.5) is 11.4 Å². The third kappa shape index (κ3) is 4.31. The molecule has 0 amide bonds. The van der Waals surface area contributed by atoms with E-state index in [1.165, 1.54) is 0 Å². The van der Waals surface area contributed by atoms with Crippen LogP contribution in [-0.2, 0) is 0 Å². The zero-order valence-corrected chi connectivity index (χ0v) is 14.4. The first kappa shape index (κ1) is 16.4. The fraction of sp³-hybridized carbons (Fsp3) is 0.118. The Bertz CT molecular complexity index is 841. The van der Waals surface area contributed by atoms with Crippen LogP contribution in [0.3, 0.4) is 0 Å². The second-order valence-electron chi connectivity index (χ2n) is 5.06. The monoisotopic (exact) mass is 357 g/mol. The lowest BCUT2D eigenvalue weighted by Crippen LogP contribution is -2.32. The maximum absolute atomic E-state index is 6.00. The van der Waals surface area contributed by atoms with Crippen molar-refractivity contribution in [2.45, 2.75) is 0 Å². The SMILES string of the molecule is S=C(NCCNc1ccnc2cc(Cl)ccc12)Nc1ccncc1. The number of rotatable bonds is 5. The third-order valence-corrected chi connectivity index (χ3v) is 3.85. The van der Waals surface area contributed by atoms with Crippen molar-refractivity contribution in [1.29, 1.82) is 0 Å². The summed E-state index contributed by atoms with van der Waals surface area (Å²) in [6.07, 6.45) is 5.20. The van der Waals surface area contributed by atoms with E-state index in [1.54, 1.807) is 18.6 Å². The summed E-state index contributed by atoms with van der Waals surface area (Å²) >= 11 is 11.3. The van der Waals surface area contributed by atoms with Crippen molar-refractivity contribution in [3.05, 3.63) is 60.0 Å². The van der Waals surface area contributed by atoms with Crippen molar-refractivity contribution in [2.24, 2.45) is 0 Å². The molecule has 3 aromatic rings. The Morgan fingerprint density at radius 1 is 1.04 bits per heavy atom. The molecule has 122 valence electrons. The molecule has 0 spiro atoms. The summed E-state index contributed by atoms with van der Waals surface area (Å²) in [6, 6.07) is 11.4. The molecule has 24 heavy (non-hydrogen) atoms. The Labute approximate surface area is 150 Å². The molecule has 5 nitrogen and oxygen atoms in total. The summed E-state index contributed by atoms with van der Waals surface area (Å²) in [5.41, 5.74) is 2.80. The van der Waals surface area contributed by atoms with Crippen LogP contribution in [-0.4, -0.2) is 28.2 Å². The van der Waals surface area contributed by atoms with Crippen LogP contribution in [0.25, 0.3) is 10.9 Å². The van der Waals surface area contributed by atoms with E-state index in [-0.39, 0.29) is 0 Å². The molecule has 0 radical (unpaired) electrons. The average Bonchev–Trinajstić information content (AvgIpc) is 2.59. The molecule has 7 heteroatoms. The number of nitrogens with one attached hydrogen (secondary N) is 3. The standard InChI is InChI=1S/C17H16ClN5S/c18-12-1-2-14-15(5-8-20-16(14)11-12)21-9-10-22-17(24)23-13-3-6-19-7-4-13/h1-8,11H,9-10H2,(H,20,21)(H2,19,22,23,24). The number of benzene rings is 1. The van der Waals surface area contributed by atoms with Crippen molar-refractivity contribution in [2.75, 3.05) is 23.7 Å². The van der Waals surface area contributed by atoms with Crippen LogP contribution >= 0.6 is 23.8 Å². The molecule has 2 heterocycles. The van der Waals surface area contributed by atoms with Gasteiger partial charge in [-0.15, -0.1) is 0 Å². The molecule has 0 aliphatic heterocycles. The van der Waals surface area contributed by atoms with Gasteiger partial charge in [0.15, 0.2) is 5.11 Å². The Morgan fingerprint density at radius 3 is 2.71 bits per heavy atom. The van der Waals surface area contributed by atoms with Gasteiger partial charge in [0.25, 0.3) is 0 Å². The Hall–Kier alpha value is -2.44. The molecule has 0 saturated heterocycles. The first-order valence-corrected chi connectivity index (χ1v) is 8.24. The van der Waals surface area contributed by atoms with Crippen LogP contribution in [0.1, 0.15) is 0 Å². The largest absolute Gasteiger partial charge is 0.383 e. The van der Waals surface area contributed by atoms with Gasteiger partial charge in [-0.2, -0.15) is 0 Å². The summed E-state index contributed by atoms with van der Waals surface area (Å²) in [6.45, 7) is 1.41. The van der Waals surface area contributed by atoms with E-state index >= 15 is 0 Å². The van der Waals surface area contributed by atoms with E-state index in [0.29, 0.717) is 16.7 Å². The molecule has 0 fully saturated rings. The highest BCUT2D eigenvalue weighted by atomic mass is 35.5. The zero-order valence-electron chi connectivity index (χ0n) is 12.8. The lowest BCUT2D eigenvalue weighted by molar-refractivity contribution is 0.916. The molecular weight excluding hydrogens is 342 g/mol. The fourth-order valence-corrected chi connectivity index (χ4v) is 2.65. The Morgan fingerprint density at radius 2 is 1.88 bits per heavy atom. The first-order valence-electron chi connectivity index (χ1n) is 7.45. The summed E-state index contributed by atoms with van der Waals surface area (Å²) in [4.78, 5) is 8.29. The fourth-order valence-electron chi connectivity index (χ4n) is 2.26. The van der Waals surface area contributed by atoms with Gasteiger partial charge in [0.2, 0.25) is 0 Å². The van der Waals surface area contributed by atoms with Crippen molar-refractivity contribution < 1.29 is 0 Å². The minimum Gasteiger partial charge on any atom is -0.383 e. The molecule has 0 bridgehead atoms. The van der Waals surface area contributed by atoms with Gasteiger partial charge < -0.3 is 16.0 Å². The topological polar surface area (TPSA) is 61.9 Å². The minimum atomic E-state index is 0.578. The maximum atomic E-state index is 6.00. The molecule has 0 atom stereocenters. The van der Waals surface area contributed by atoms with E-state index in [0.717, 1.165) is 28.8 Å². The predicted molar refractivity (Wildman–Crippen MR) is 104 cm³/mol. The lowest BCUT2D eigenvalue weighted by Gasteiger charge is -2.12.